The van der Waals surface area contributed by atoms with E-state index in [2.05, 4.69) is 26.0 Å². The highest BCUT2D eigenvalue weighted by atomic mass is 31.2. The molecule has 0 aliphatic rings. The molecule has 0 amide bonds. The third kappa shape index (κ3) is 39.7. The third-order valence-corrected chi connectivity index (χ3v) is 9.89. The highest BCUT2D eigenvalue weighted by molar-refractivity contribution is 7.49. The average molecular weight is 836 g/mol. The molecule has 0 aromatic carbocycles. The van der Waals surface area contributed by atoms with Crippen molar-refractivity contribution in [2.75, 3.05) is 19.8 Å². The van der Waals surface area contributed by atoms with Gasteiger partial charge in [0, 0.05) is 12.5 Å². The van der Waals surface area contributed by atoms with Crippen LogP contribution >= 0.6 is 7.75 Å². The first kappa shape index (κ1) is 54.9. The predicted molar refractivity (Wildman–Crippen MR) is 235 cm³/mol. The van der Waals surface area contributed by atoms with Crippen molar-refractivity contribution in [1.29, 1.82) is 0 Å². The molecule has 0 bridgehead atoms. The molecule has 11 nitrogen and oxygen atoms in total. The van der Waals surface area contributed by atoms with Crippen molar-refractivity contribution in [2.45, 2.75) is 180 Å². The van der Waals surface area contributed by atoms with Gasteiger partial charge in [-0.3, -0.25) is 9.59 Å². The van der Waals surface area contributed by atoms with Crippen molar-refractivity contribution in [2.24, 2.45) is 0 Å². The van der Waals surface area contributed by atoms with Crippen LogP contribution in [0.3, 0.4) is 0 Å². The number of allylic oxidation sites excluding steroid dienone is 11. The molecule has 0 radical (unpaired) electrons. The molecule has 0 fully saturated rings. The second-order valence-electron chi connectivity index (χ2n) is 14.7. The fraction of sp³-hybridized carbons (Fsp3) is 0.674. The normalized spacial score (nSPS) is 13.5. The molecule has 12 heteroatoms. The van der Waals surface area contributed by atoms with Gasteiger partial charge >= 0.3 is 25.7 Å². The molecule has 332 valence electrons. The first-order valence-corrected chi connectivity index (χ1v) is 23.7. The van der Waals surface area contributed by atoms with Gasteiger partial charge in [-0.1, -0.05) is 209 Å². The molecule has 0 aliphatic carbocycles. The Morgan fingerprint density at radius 2 is 0.983 bits per heavy atom. The van der Waals surface area contributed by atoms with Gasteiger partial charge in [0.1, 0.15) is 19.3 Å². The van der Waals surface area contributed by atoms with Crippen LogP contribution in [0.2, 0.25) is 0 Å². The second kappa shape index (κ2) is 40.7. The zero-order valence-electron chi connectivity index (χ0n) is 35.8. The lowest BCUT2D eigenvalue weighted by molar-refractivity contribution is -0.164. The van der Waals surface area contributed by atoms with Crippen molar-refractivity contribution < 1.29 is 48.1 Å². The van der Waals surface area contributed by atoms with Crippen LogP contribution in [0.4, 0.5) is 0 Å². The van der Waals surface area contributed by atoms with Gasteiger partial charge in [0.2, 0.25) is 0 Å². The van der Waals surface area contributed by atoms with Crippen LogP contribution in [0.5, 0.6) is 0 Å². The van der Waals surface area contributed by atoms with Crippen molar-refractivity contribution >= 4 is 25.7 Å². The minimum atomic E-state index is -4.85. The van der Waals surface area contributed by atoms with Crippen molar-refractivity contribution in [1.82, 2.24) is 5.09 Å². The van der Waals surface area contributed by atoms with E-state index in [1.54, 1.807) is 23.3 Å². The Morgan fingerprint density at radius 1 is 0.569 bits per heavy atom. The Bertz CT molecular complexity index is 1250. The predicted octanol–water partition coefficient (Wildman–Crippen LogP) is 10.8. The first-order valence-electron chi connectivity index (χ1n) is 22.1. The Labute approximate surface area is 350 Å². The van der Waals surface area contributed by atoms with E-state index in [-0.39, 0.29) is 6.42 Å². The number of nitrogens with one attached hydrogen (secondary N) is 1. The van der Waals surface area contributed by atoms with Gasteiger partial charge in [0.25, 0.3) is 0 Å². The topological polar surface area (TPSA) is 169 Å². The molecule has 0 unspecified atom stereocenters. The average Bonchev–Trinajstić information content (AvgIpc) is 3.19. The molecular formula is C46H78NO10P. The number of aliphatic hydroxyl groups excluding tert-OH is 1. The maximum absolute atomic E-state index is 12.5. The van der Waals surface area contributed by atoms with Gasteiger partial charge in [-0.2, -0.15) is 0 Å². The van der Waals surface area contributed by atoms with Crippen LogP contribution in [0.25, 0.3) is 0 Å². The van der Waals surface area contributed by atoms with E-state index < -0.39 is 57.6 Å². The molecule has 0 aliphatic heterocycles. The number of carbonyl (C=O) groups is 3. The SMILES string of the molecule is CCCCCCCCCC=CC=CC=CC=CC=CC=CC(=O)O[C@H](COC(=O)CCCCCCCCCCCCCCCCC)COC(=O)[C@H](CO)NP(=O)(O)O. The Morgan fingerprint density at radius 3 is 1.45 bits per heavy atom. The van der Waals surface area contributed by atoms with Gasteiger partial charge in [-0.15, -0.1) is 0 Å². The highest BCUT2D eigenvalue weighted by Crippen LogP contribution is 2.29. The van der Waals surface area contributed by atoms with Crippen LogP contribution in [0, 0.1) is 0 Å². The molecule has 58 heavy (non-hydrogen) atoms. The Balaban J connectivity index is 4.63. The van der Waals surface area contributed by atoms with Gasteiger partial charge < -0.3 is 29.1 Å². The minimum Gasteiger partial charge on any atom is -0.462 e. The monoisotopic (exact) mass is 836 g/mol. The van der Waals surface area contributed by atoms with E-state index in [0.29, 0.717) is 6.42 Å². The zero-order valence-corrected chi connectivity index (χ0v) is 36.7. The summed E-state index contributed by atoms with van der Waals surface area (Å²) in [7, 11) is -4.85. The number of hydrogen-bond donors (Lipinski definition) is 4. The molecule has 0 heterocycles. The second-order valence-corrected chi connectivity index (χ2v) is 16.1. The molecule has 0 aromatic rings. The summed E-state index contributed by atoms with van der Waals surface area (Å²) in [6, 6.07) is -1.71. The summed E-state index contributed by atoms with van der Waals surface area (Å²) in [5.74, 6) is -2.45. The fourth-order valence-corrected chi connectivity index (χ4v) is 6.50. The lowest BCUT2D eigenvalue weighted by Gasteiger charge is -2.20. The number of carbonyl (C=O) groups excluding carboxylic acids is 3. The van der Waals surface area contributed by atoms with Crippen molar-refractivity contribution in [3.63, 3.8) is 0 Å². The smallest absolute Gasteiger partial charge is 0.401 e. The first-order chi connectivity index (χ1) is 28.1. The number of unbranched alkanes of at least 4 members (excludes halogenated alkanes) is 21. The van der Waals surface area contributed by atoms with Crippen molar-refractivity contribution in [3.05, 3.63) is 72.9 Å². The molecule has 0 saturated heterocycles. The summed E-state index contributed by atoms with van der Waals surface area (Å²) in [6.45, 7) is 2.56. The summed E-state index contributed by atoms with van der Waals surface area (Å²) in [6.07, 6.45) is 49.0. The Kier molecular flexibility index (Phi) is 38.5. The molecule has 0 spiro atoms. The fourth-order valence-electron chi connectivity index (χ4n) is 5.91. The summed E-state index contributed by atoms with van der Waals surface area (Å²) >= 11 is 0. The van der Waals surface area contributed by atoms with E-state index in [4.69, 9.17) is 24.0 Å². The van der Waals surface area contributed by atoms with Gasteiger partial charge in [-0.05, 0) is 19.3 Å². The number of esters is 3. The van der Waals surface area contributed by atoms with Crippen LogP contribution < -0.4 is 5.09 Å². The summed E-state index contributed by atoms with van der Waals surface area (Å²) < 4.78 is 26.9. The molecule has 0 rings (SSSR count). The lowest BCUT2D eigenvalue weighted by Crippen LogP contribution is -2.41. The van der Waals surface area contributed by atoms with E-state index in [0.717, 1.165) is 31.8 Å². The molecule has 2 atom stereocenters. The van der Waals surface area contributed by atoms with Crippen LogP contribution in [-0.4, -0.2) is 64.8 Å². The zero-order chi connectivity index (χ0) is 42.8. The largest absolute Gasteiger partial charge is 0.462 e. The van der Waals surface area contributed by atoms with Gasteiger partial charge in [0.15, 0.2) is 6.10 Å². The number of aliphatic hydroxyl groups is 1. The van der Waals surface area contributed by atoms with Gasteiger partial charge in [0.05, 0.1) is 6.61 Å². The standard InChI is InChI=1S/C46H78NO10P/c1-3-5-7-9-11-13-15-17-19-20-21-22-24-26-28-30-32-34-36-38-45(50)57-42(41-56-46(51)43(39-48)47-58(52,53)54)40-55-44(49)37-35-33-31-29-27-25-23-18-16-14-12-10-8-6-4-2/h19-22,24,26,28,30,32,34,36,38,42-43,48H,3-18,23,25,27,29,31,33,35,37,39-41H2,1-2H3,(H3,47,52,53,54)/t42-,43+/m1/s1. The molecular weight excluding hydrogens is 757 g/mol. The van der Waals surface area contributed by atoms with Crippen LogP contribution in [-0.2, 0) is 33.2 Å². The lowest BCUT2D eigenvalue weighted by atomic mass is 10.0. The quantitative estimate of drug-likeness (QED) is 0.0116. The van der Waals surface area contributed by atoms with Gasteiger partial charge in [-0.25, -0.2) is 14.4 Å². The summed E-state index contributed by atoms with van der Waals surface area (Å²) in [5, 5.41) is 11.0. The highest BCUT2D eigenvalue weighted by Gasteiger charge is 2.28. The molecule has 0 aromatic heterocycles. The van der Waals surface area contributed by atoms with Crippen LogP contribution in [0.1, 0.15) is 168 Å². The molecule has 0 saturated carbocycles. The van der Waals surface area contributed by atoms with Crippen LogP contribution in [0.15, 0.2) is 72.9 Å². The molecule has 4 N–H and O–H groups in total. The van der Waals surface area contributed by atoms with E-state index in [9.17, 15) is 24.1 Å². The van der Waals surface area contributed by atoms with E-state index in [1.807, 2.05) is 30.4 Å². The summed E-state index contributed by atoms with van der Waals surface area (Å²) in [5.41, 5.74) is 0. The minimum absolute atomic E-state index is 0.192. The third-order valence-electron chi connectivity index (χ3n) is 9.24. The van der Waals surface area contributed by atoms with Crippen molar-refractivity contribution in [3.8, 4) is 0 Å². The summed E-state index contributed by atoms with van der Waals surface area (Å²) in [4.78, 5) is 55.5. The number of ether oxygens (including phenoxy) is 3. The maximum atomic E-state index is 12.5. The van der Waals surface area contributed by atoms with E-state index in [1.165, 1.54) is 122 Å². The Hall–Kier alpha value is -3.08. The maximum Gasteiger partial charge on any atom is 0.401 e. The van der Waals surface area contributed by atoms with E-state index >= 15 is 0 Å². The number of hydrogen-bond acceptors (Lipinski definition) is 8. The number of rotatable bonds is 39.